The van der Waals surface area contributed by atoms with E-state index in [1.165, 1.54) is 0 Å². The van der Waals surface area contributed by atoms with Crippen molar-refractivity contribution < 1.29 is 9.15 Å². The highest BCUT2D eigenvalue weighted by atomic mass is 35.5. The Morgan fingerprint density at radius 2 is 1.94 bits per heavy atom. The molecule has 9 heteroatoms. The van der Waals surface area contributed by atoms with E-state index in [0.717, 1.165) is 34.2 Å². The molecule has 0 saturated carbocycles. The second-order valence-corrected chi connectivity index (χ2v) is 7.85. The lowest BCUT2D eigenvalue weighted by molar-refractivity contribution is 0.0994. The summed E-state index contributed by atoms with van der Waals surface area (Å²) in [6.07, 6.45) is 4.92. The van der Waals surface area contributed by atoms with Gasteiger partial charge in [0, 0.05) is 10.6 Å². The number of halogens is 1. The molecule has 32 heavy (non-hydrogen) atoms. The van der Waals surface area contributed by atoms with Crippen LogP contribution < -0.4 is 0 Å². The molecule has 1 aliphatic rings. The minimum Gasteiger partial charge on any atom is -0.443 e. The molecule has 0 radical (unpaired) electrons. The summed E-state index contributed by atoms with van der Waals surface area (Å²) in [6.45, 7) is 1.29. The second kappa shape index (κ2) is 7.74. The van der Waals surface area contributed by atoms with Crippen LogP contribution >= 0.6 is 11.6 Å². The summed E-state index contributed by atoms with van der Waals surface area (Å²) >= 11 is 6.34. The Balaban J connectivity index is 1.42. The van der Waals surface area contributed by atoms with E-state index in [2.05, 4.69) is 20.2 Å². The summed E-state index contributed by atoms with van der Waals surface area (Å²) in [5.41, 5.74) is 4.48. The monoisotopic (exact) mass is 444 g/mol. The van der Waals surface area contributed by atoms with Gasteiger partial charge in [0.25, 0.3) is 0 Å². The van der Waals surface area contributed by atoms with Crippen molar-refractivity contribution in [3.05, 3.63) is 89.4 Å². The maximum atomic E-state index is 6.34. The molecule has 0 saturated heterocycles. The van der Waals surface area contributed by atoms with Gasteiger partial charge in [0.15, 0.2) is 11.6 Å². The third-order valence-electron chi connectivity index (χ3n) is 5.44. The first-order chi connectivity index (χ1) is 15.8. The fourth-order valence-corrected chi connectivity index (χ4v) is 4.11. The topological polar surface area (TPSA) is 83.8 Å². The van der Waals surface area contributed by atoms with E-state index in [1.807, 2.05) is 57.7 Å². The molecule has 158 valence electrons. The molecule has 8 nitrogen and oxygen atoms in total. The molecule has 0 atom stereocenters. The second-order valence-electron chi connectivity index (χ2n) is 7.41. The molecular weight excluding hydrogens is 428 g/mol. The summed E-state index contributed by atoms with van der Waals surface area (Å²) in [4.78, 5) is 8.87. The fraction of sp³-hybridized carbons (Fsp3) is 0.130. The van der Waals surface area contributed by atoms with Gasteiger partial charge in [-0.15, -0.1) is 10.2 Å². The maximum absolute atomic E-state index is 6.34. The average molecular weight is 445 g/mol. The number of oxazole rings is 1. The van der Waals surface area contributed by atoms with Crippen molar-refractivity contribution in [2.75, 3.05) is 0 Å². The number of benzene rings is 2. The number of nitrogens with zero attached hydrogens (tertiary/aromatic N) is 6. The highest BCUT2D eigenvalue weighted by Crippen LogP contribution is 2.36. The number of hydrogen-bond acceptors (Lipinski definition) is 6. The van der Waals surface area contributed by atoms with E-state index in [4.69, 9.17) is 20.8 Å². The lowest BCUT2D eigenvalue weighted by atomic mass is 10.1. The molecule has 1 aliphatic heterocycles. The van der Waals surface area contributed by atoms with Gasteiger partial charge in [-0.25, -0.2) is 9.97 Å². The first-order valence-electron chi connectivity index (χ1n) is 10.1. The van der Waals surface area contributed by atoms with Crippen LogP contribution in [0, 0.1) is 0 Å². The molecule has 5 aromatic rings. The Labute approximate surface area is 188 Å². The third kappa shape index (κ3) is 3.21. The number of hydrogen-bond donors (Lipinski definition) is 0. The number of aromatic nitrogens is 6. The van der Waals surface area contributed by atoms with E-state index >= 15 is 0 Å². The zero-order chi connectivity index (χ0) is 21.5. The Kier molecular flexibility index (Phi) is 4.59. The van der Waals surface area contributed by atoms with Crippen LogP contribution in [0.4, 0.5) is 0 Å². The minimum atomic E-state index is 0.320. The van der Waals surface area contributed by atoms with Gasteiger partial charge >= 0.3 is 0 Å². The van der Waals surface area contributed by atoms with Crippen LogP contribution in [0.5, 0.6) is 0 Å². The summed E-state index contributed by atoms with van der Waals surface area (Å²) < 4.78 is 15.5. The van der Waals surface area contributed by atoms with E-state index in [0.29, 0.717) is 36.4 Å². The molecule has 0 unspecified atom stereocenters. The molecule has 2 aromatic carbocycles. The summed E-state index contributed by atoms with van der Waals surface area (Å²) in [5.74, 6) is 1.91. The van der Waals surface area contributed by atoms with Gasteiger partial charge in [-0.05, 0) is 23.8 Å². The van der Waals surface area contributed by atoms with Crippen molar-refractivity contribution in [2.45, 2.75) is 19.8 Å². The van der Waals surface area contributed by atoms with E-state index in [9.17, 15) is 0 Å². The van der Waals surface area contributed by atoms with Crippen molar-refractivity contribution in [3.63, 3.8) is 0 Å². The zero-order valence-corrected chi connectivity index (χ0v) is 17.6. The predicted molar refractivity (Wildman–Crippen MR) is 117 cm³/mol. The molecule has 6 rings (SSSR count). The molecule has 0 spiro atoms. The van der Waals surface area contributed by atoms with E-state index in [1.54, 1.807) is 18.8 Å². The van der Waals surface area contributed by atoms with Gasteiger partial charge in [0.1, 0.15) is 24.9 Å². The number of ether oxygens (including phenoxy) is 1. The van der Waals surface area contributed by atoms with Crippen LogP contribution in [-0.4, -0.2) is 29.3 Å². The van der Waals surface area contributed by atoms with Gasteiger partial charge in [-0.1, -0.05) is 41.9 Å². The Morgan fingerprint density at radius 3 is 2.78 bits per heavy atom. The highest BCUT2D eigenvalue weighted by molar-refractivity contribution is 6.31. The molecule has 0 aliphatic carbocycles. The summed E-state index contributed by atoms with van der Waals surface area (Å²) in [5, 5.41) is 9.53. The number of rotatable bonds is 5. The van der Waals surface area contributed by atoms with Gasteiger partial charge in [0.2, 0.25) is 5.89 Å². The highest BCUT2D eigenvalue weighted by Gasteiger charge is 2.27. The van der Waals surface area contributed by atoms with Crippen LogP contribution in [0.1, 0.15) is 17.1 Å². The average Bonchev–Trinajstić information content (AvgIpc) is 3.54. The SMILES string of the molecule is Clc1ccc2c(c1)-c1nnc(COCc3ccccc3)n1Cc1c(-c3ncco3)ncn1-2. The maximum Gasteiger partial charge on any atom is 0.246 e. The Bertz CT molecular complexity index is 1390. The van der Waals surface area contributed by atoms with Crippen LogP contribution in [0.15, 0.2) is 71.7 Å². The standard InChI is InChI=1S/C23H17ClN6O2/c24-16-6-7-18-17(10-16)22-28-27-20(13-31-12-15-4-2-1-3-5-15)29(22)11-19-21(26-14-30(18)19)23-25-8-9-32-23/h1-10,14H,11-13H2. The molecular formula is C23H17ClN6O2. The van der Waals surface area contributed by atoms with Crippen molar-refractivity contribution in [3.8, 4) is 28.7 Å². The largest absolute Gasteiger partial charge is 0.443 e. The van der Waals surface area contributed by atoms with Gasteiger partial charge < -0.3 is 13.7 Å². The summed E-state index contributed by atoms with van der Waals surface area (Å²) in [7, 11) is 0. The Hall–Kier alpha value is -3.75. The van der Waals surface area contributed by atoms with Crippen LogP contribution in [-0.2, 0) is 24.5 Å². The first-order valence-corrected chi connectivity index (χ1v) is 10.5. The summed E-state index contributed by atoms with van der Waals surface area (Å²) in [6, 6.07) is 15.7. The lowest BCUT2D eigenvalue weighted by Gasteiger charge is -2.09. The van der Waals surface area contributed by atoms with Crippen molar-refractivity contribution in [1.29, 1.82) is 0 Å². The molecule has 0 bridgehead atoms. The van der Waals surface area contributed by atoms with Crippen LogP contribution in [0.3, 0.4) is 0 Å². The van der Waals surface area contributed by atoms with Crippen molar-refractivity contribution in [2.24, 2.45) is 0 Å². The molecule has 4 heterocycles. The normalized spacial score (nSPS) is 12.2. The smallest absolute Gasteiger partial charge is 0.246 e. The molecule has 0 N–H and O–H groups in total. The number of imidazole rings is 1. The lowest BCUT2D eigenvalue weighted by Crippen LogP contribution is -2.09. The van der Waals surface area contributed by atoms with Gasteiger partial charge in [-0.2, -0.15) is 0 Å². The first kappa shape index (κ1) is 19.0. The van der Waals surface area contributed by atoms with Crippen molar-refractivity contribution in [1.82, 2.24) is 29.3 Å². The third-order valence-corrected chi connectivity index (χ3v) is 5.67. The molecule has 0 amide bonds. The number of fused-ring (bicyclic) bond motifs is 5. The molecule has 3 aromatic heterocycles. The zero-order valence-electron chi connectivity index (χ0n) is 16.8. The van der Waals surface area contributed by atoms with E-state index < -0.39 is 0 Å². The minimum absolute atomic E-state index is 0.320. The van der Waals surface area contributed by atoms with Gasteiger partial charge in [0.05, 0.1) is 30.7 Å². The Morgan fingerprint density at radius 1 is 1.03 bits per heavy atom. The quantitative estimate of drug-likeness (QED) is 0.389. The van der Waals surface area contributed by atoms with Gasteiger partial charge in [-0.3, -0.25) is 4.57 Å². The molecule has 0 fully saturated rings. The van der Waals surface area contributed by atoms with E-state index in [-0.39, 0.29) is 0 Å². The van der Waals surface area contributed by atoms with Crippen LogP contribution in [0.25, 0.3) is 28.7 Å². The fourth-order valence-electron chi connectivity index (χ4n) is 3.94. The van der Waals surface area contributed by atoms with Crippen molar-refractivity contribution >= 4 is 11.6 Å². The predicted octanol–water partition coefficient (Wildman–Crippen LogP) is 4.52. The van der Waals surface area contributed by atoms with Crippen LogP contribution in [0.2, 0.25) is 5.02 Å².